The summed E-state index contributed by atoms with van der Waals surface area (Å²) in [6.45, 7) is 5.34. The molecule has 25 heavy (non-hydrogen) atoms. The molecule has 0 aromatic heterocycles. The van der Waals surface area contributed by atoms with Crippen LogP contribution in [0.1, 0.15) is 66.3 Å². The highest BCUT2D eigenvalue weighted by atomic mass is 19.1. The van der Waals surface area contributed by atoms with E-state index in [1.165, 1.54) is 6.07 Å². The van der Waals surface area contributed by atoms with Crippen LogP contribution >= 0.6 is 0 Å². The van der Waals surface area contributed by atoms with Crippen LogP contribution in [0.25, 0.3) is 0 Å². The fraction of sp³-hybridized carbons (Fsp3) is 0.444. The summed E-state index contributed by atoms with van der Waals surface area (Å²) in [6, 6.07) is 2.31. The van der Waals surface area contributed by atoms with Crippen molar-refractivity contribution < 1.29 is 23.6 Å². The summed E-state index contributed by atoms with van der Waals surface area (Å²) in [4.78, 5) is 47.3. The molecule has 1 aromatic carbocycles. The van der Waals surface area contributed by atoms with Crippen molar-refractivity contribution >= 4 is 23.5 Å². The SMILES string of the molecule is CC(C)(C)c1cc(C(=O)C[C@H]2CCC(=O)NC2=O)c(C(N)=O)cc1F. The van der Waals surface area contributed by atoms with Crippen LogP contribution in [0.3, 0.4) is 0 Å². The lowest BCUT2D eigenvalue weighted by atomic mass is 9.82. The monoisotopic (exact) mass is 348 g/mol. The van der Waals surface area contributed by atoms with Crippen LogP contribution in [0, 0.1) is 11.7 Å². The number of ketones is 1. The first kappa shape index (κ1) is 18.8. The van der Waals surface area contributed by atoms with Crippen LogP contribution in [0.5, 0.6) is 0 Å². The lowest BCUT2D eigenvalue weighted by Gasteiger charge is -2.23. The minimum atomic E-state index is -0.911. The molecular weight excluding hydrogens is 327 g/mol. The average Bonchev–Trinajstić information content (AvgIpc) is 2.48. The first-order valence-electron chi connectivity index (χ1n) is 8.01. The van der Waals surface area contributed by atoms with Gasteiger partial charge in [-0.15, -0.1) is 0 Å². The number of rotatable bonds is 4. The van der Waals surface area contributed by atoms with E-state index in [2.05, 4.69) is 5.32 Å². The van der Waals surface area contributed by atoms with Gasteiger partial charge in [0.2, 0.25) is 17.7 Å². The van der Waals surface area contributed by atoms with Gasteiger partial charge in [0.25, 0.3) is 0 Å². The standard InChI is InChI=1S/C18H21FN2O4/c1-18(2,3)12-7-10(11(16(20)24)8-13(12)19)14(22)6-9-4-5-15(23)21-17(9)25/h7-9H,4-6H2,1-3H3,(H2,20,24)(H,21,23,25)/t9-/m1/s1. The van der Waals surface area contributed by atoms with Gasteiger partial charge < -0.3 is 5.73 Å². The smallest absolute Gasteiger partial charge is 0.249 e. The minimum Gasteiger partial charge on any atom is -0.366 e. The third-order valence-electron chi connectivity index (χ3n) is 4.27. The van der Waals surface area contributed by atoms with Crippen molar-refractivity contribution in [3.05, 3.63) is 34.6 Å². The first-order valence-corrected chi connectivity index (χ1v) is 8.01. The van der Waals surface area contributed by atoms with Gasteiger partial charge in [-0.05, 0) is 29.5 Å². The molecule has 1 atom stereocenters. The number of hydrogen-bond acceptors (Lipinski definition) is 4. The molecule has 1 heterocycles. The molecule has 2 rings (SSSR count). The van der Waals surface area contributed by atoms with Gasteiger partial charge in [-0.3, -0.25) is 24.5 Å². The van der Waals surface area contributed by atoms with E-state index >= 15 is 0 Å². The predicted molar refractivity (Wildman–Crippen MR) is 88.4 cm³/mol. The summed E-state index contributed by atoms with van der Waals surface area (Å²) < 4.78 is 14.3. The summed E-state index contributed by atoms with van der Waals surface area (Å²) in [6.07, 6.45) is 0.243. The molecule has 1 aromatic rings. The van der Waals surface area contributed by atoms with E-state index < -0.39 is 34.7 Å². The maximum atomic E-state index is 14.3. The maximum absolute atomic E-state index is 14.3. The van der Waals surface area contributed by atoms with E-state index in [4.69, 9.17) is 5.73 Å². The van der Waals surface area contributed by atoms with Crippen molar-refractivity contribution in [2.24, 2.45) is 11.7 Å². The van der Waals surface area contributed by atoms with Gasteiger partial charge in [0.15, 0.2) is 5.78 Å². The van der Waals surface area contributed by atoms with Gasteiger partial charge in [-0.1, -0.05) is 20.8 Å². The predicted octanol–water partition coefficient (Wildman–Crippen LogP) is 1.85. The molecule has 1 aliphatic rings. The zero-order valence-corrected chi connectivity index (χ0v) is 14.4. The van der Waals surface area contributed by atoms with E-state index in [0.29, 0.717) is 0 Å². The molecule has 6 nitrogen and oxygen atoms in total. The van der Waals surface area contributed by atoms with E-state index in [9.17, 15) is 23.6 Å². The van der Waals surface area contributed by atoms with Crippen molar-refractivity contribution in [1.29, 1.82) is 0 Å². The molecule has 3 amide bonds. The number of benzene rings is 1. The Morgan fingerprint density at radius 1 is 1.24 bits per heavy atom. The molecule has 0 bridgehead atoms. The van der Waals surface area contributed by atoms with Crippen molar-refractivity contribution in [2.75, 3.05) is 0 Å². The number of imide groups is 1. The number of nitrogens with one attached hydrogen (secondary N) is 1. The Hall–Kier alpha value is -2.57. The summed E-state index contributed by atoms with van der Waals surface area (Å²) in [7, 11) is 0. The summed E-state index contributed by atoms with van der Waals surface area (Å²) in [5.41, 5.74) is 4.78. The zero-order valence-electron chi connectivity index (χ0n) is 14.4. The first-order chi connectivity index (χ1) is 11.5. The second kappa shape index (κ2) is 6.74. The molecule has 1 aliphatic heterocycles. The van der Waals surface area contributed by atoms with Gasteiger partial charge >= 0.3 is 0 Å². The highest BCUT2D eigenvalue weighted by molar-refractivity contribution is 6.09. The van der Waals surface area contributed by atoms with E-state index in [0.717, 1.165) is 6.07 Å². The lowest BCUT2D eigenvalue weighted by molar-refractivity contribution is -0.136. The highest BCUT2D eigenvalue weighted by Gasteiger charge is 2.31. The minimum absolute atomic E-state index is 0.00326. The number of amides is 3. The van der Waals surface area contributed by atoms with Crippen LogP contribution in [-0.2, 0) is 15.0 Å². The van der Waals surface area contributed by atoms with Crippen molar-refractivity contribution in [3.63, 3.8) is 0 Å². The van der Waals surface area contributed by atoms with Gasteiger partial charge in [-0.25, -0.2) is 4.39 Å². The van der Waals surface area contributed by atoms with Crippen LogP contribution in [0.4, 0.5) is 4.39 Å². The Labute approximate surface area is 145 Å². The van der Waals surface area contributed by atoms with Crippen molar-refractivity contribution in [1.82, 2.24) is 5.32 Å². The molecule has 7 heteroatoms. The number of Topliss-reactive ketones (excluding diaryl/α,β-unsaturated/α-hetero) is 1. The average molecular weight is 348 g/mol. The van der Waals surface area contributed by atoms with Crippen LogP contribution in [-0.4, -0.2) is 23.5 Å². The van der Waals surface area contributed by atoms with Gasteiger partial charge in [0, 0.05) is 24.3 Å². The number of halogens is 1. The molecule has 0 spiro atoms. The molecule has 1 fully saturated rings. The lowest BCUT2D eigenvalue weighted by Crippen LogP contribution is -2.41. The fourth-order valence-electron chi connectivity index (χ4n) is 2.85. The Morgan fingerprint density at radius 3 is 2.40 bits per heavy atom. The van der Waals surface area contributed by atoms with Crippen LogP contribution in [0.2, 0.25) is 0 Å². The van der Waals surface area contributed by atoms with Gasteiger partial charge in [-0.2, -0.15) is 0 Å². The molecule has 3 N–H and O–H groups in total. The molecular formula is C18H21FN2O4. The molecule has 134 valence electrons. The second-order valence-corrected chi connectivity index (χ2v) is 7.27. The molecule has 0 aliphatic carbocycles. The molecule has 0 unspecified atom stereocenters. The van der Waals surface area contributed by atoms with E-state index in [1.807, 2.05) is 0 Å². The van der Waals surface area contributed by atoms with Crippen LogP contribution in [0.15, 0.2) is 12.1 Å². The summed E-state index contributed by atoms with van der Waals surface area (Å²) in [5.74, 6) is -3.54. The summed E-state index contributed by atoms with van der Waals surface area (Å²) >= 11 is 0. The quantitative estimate of drug-likeness (QED) is 0.639. The molecule has 0 saturated carbocycles. The number of nitrogens with two attached hydrogens (primary N) is 1. The number of primary amides is 1. The number of piperidine rings is 1. The largest absolute Gasteiger partial charge is 0.366 e. The molecule has 0 radical (unpaired) electrons. The zero-order chi connectivity index (χ0) is 18.9. The van der Waals surface area contributed by atoms with Gasteiger partial charge in [0.05, 0.1) is 5.56 Å². The third-order valence-corrected chi connectivity index (χ3v) is 4.27. The normalized spacial score (nSPS) is 18.0. The molecule has 1 saturated heterocycles. The summed E-state index contributed by atoms with van der Waals surface area (Å²) in [5, 5.41) is 2.19. The van der Waals surface area contributed by atoms with Crippen molar-refractivity contribution in [3.8, 4) is 0 Å². The second-order valence-electron chi connectivity index (χ2n) is 7.27. The van der Waals surface area contributed by atoms with Crippen molar-refractivity contribution in [2.45, 2.75) is 45.4 Å². The highest BCUT2D eigenvalue weighted by Crippen LogP contribution is 2.29. The Kier molecular flexibility index (Phi) is 5.06. The Balaban J connectivity index is 2.39. The third kappa shape index (κ3) is 4.10. The number of carbonyl (C=O) groups is 4. The maximum Gasteiger partial charge on any atom is 0.249 e. The number of carbonyl (C=O) groups excluding carboxylic acids is 4. The fourth-order valence-corrected chi connectivity index (χ4v) is 2.85. The van der Waals surface area contributed by atoms with Crippen LogP contribution < -0.4 is 11.1 Å². The van der Waals surface area contributed by atoms with Gasteiger partial charge in [0.1, 0.15) is 5.82 Å². The topological polar surface area (TPSA) is 106 Å². The Bertz CT molecular complexity index is 765. The number of hydrogen-bond donors (Lipinski definition) is 2. The van der Waals surface area contributed by atoms with E-state index in [1.54, 1.807) is 20.8 Å². The Morgan fingerprint density at radius 2 is 1.88 bits per heavy atom. The van der Waals surface area contributed by atoms with E-state index in [-0.39, 0.29) is 41.9 Å².